The summed E-state index contributed by atoms with van der Waals surface area (Å²) in [4.78, 5) is 17.9. The third kappa shape index (κ3) is 7.26. The smallest absolute Gasteiger partial charge is 0.303 e. The minimum atomic E-state index is -1.21. The van der Waals surface area contributed by atoms with Gasteiger partial charge < -0.3 is 5.32 Å². The van der Waals surface area contributed by atoms with Gasteiger partial charge in [0.1, 0.15) is 5.82 Å². The highest BCUT2D eigenvalue weighted by atomic mass is 35.5. The Labute approximate surface area is 188 Å². The van der Waals surface area contributed by atoms with E-state index in [0.29, 0.717) is 22.4 Å². The van der Waals surface area contributed by atoms with Crippen molar-refractivity contribution in [2.45, 2.75) is 57.0 Å². The first kappa shape index (κ1) is 25.9. The third-order valence-electron chi connectivity index (χ3n) is 5.36. The quantitative estimate of drug-likeness (QED) is 0.334. The second-order valence-electron chi connectivity index (χ2n) is 7.30. The summed E-state index contributed by atoms with van der Waals surface area (Å²) in [5.74, 6) is -1.76. The van der Waals surface area contributed by atoms with Crippen LogP contribution in [0.3, 0.4) is 0 Å². The Morgan fingerprint density at radius 3 is 2.62 bits per heavy atom. The number of anilines is 1. The molecule has 2 heterocycles. The molecule has 10 heteroatoms. The van der Waals surface area contributed by atoms with Gasteiger partial charge in [-0.3, -0.25) is 14.9 Å². The molecule has 3 rings (SSSR count). The van der Waals surface area contributed by atoms with E-state index >= 15 is 0 Å². The largest absolute Gasteiger partial charge is 0.365 e. The summed E-state index contributed by atoms with van der Waals surface area (Å²) in [6.07, 6.45) is 11.2. The van der Waals surface area contributed by atoms with E-state index in [2.05, 4.69) is 15.2 Å². The normalized spacial score (nSPS) is 20.9. The van der Waals surface area contributed by atoms with Crippen LogP contribution in [0.4, 0.5) is 10.2 Å². The molecule has 6 nitrogen and oxygen atoms in total. The van der Waals surface area contributed by atoms with Gasteiger partial charge >= 0.3 is 5.91 Å². The first-order valence-corrected chi connectivity index (χ1v) is 9.92. The van der Waals surface area contributed by atoms with E-state index in [1.165, 1.54) is 43.8 Å². The number of amides is 1. The summed E-state index contributed by atoms with van der Waals surface area (Å²) in [6, 6.07) is 2.52. The Balaban J connectivity index is 0.00000210. The lowest BCUT2D eigenvalue weighted by Gasteiger charge is -2.40. The summed E-state index contributed by atoms with van der Waals surface area (Å²) in [6.45, 7) is 2.13. The molecule has 164 valence electrons. The van der Waals surface area contributed by atoms with E-state index in [9.17, 15) is 9.18 Å². The number of hydroxylamine groups is 1. The Kier molecular flexibility index (Phi) is 11.2. The van der Waals surface area contributed by atoms with Crippen molar-refractivity contribution in [1.82, 2.24) is 15.4 Å². The predicted octanol–water partition coefficient (Wildman–Crippen LogP) is 4.60. The summed E-state index contributed by atoms with van der Waals surface area (Å²) >= 11 is 6.29. The molecule has 0 bridgehead atoms. The first-order chi connectivity index (χ1) is 13.1. The molecule has 1 atom stereocenters. The fraction of sp³-hybridized carbons (Fsp3) is 0.579. The number of hydrogen-bond acceptors (Lipinski definition) is 5. The number of carbonyl (C=O) groups excluding carboxylic acids is 1. The molecule has 2 fully saturated rings. The van der Waals surface area contributed by atoms with Gasteiger partial charge in [0.05, 0.1) is 5.02 Å². The van der Waals surface area contributed by atoms with Crippen LogP contribution in [0.1, 0.15) is 50.5 Å². The predicted molar refractivity (Wildman–Crippen MR) is 118 cm³/mol. The van der Waals surface area contributed by atoms with Crippen LogP contribution in [-0.4, -0.2) is 46.2 Å². The van der Waals surface area contributed by atoms with Crippen LogP contribution in [0.2, 0.25) is 5.02 Å². The van der Waals surface area contributed by atoms with Gasteiger partial charge in [0.15, 0.2) is 5.83 Å². The molecule has 2 aliphatic rings. The average molecular weight is 470 g/mol. The van der Waals surface area contributed by atoms with Crippen molar-refractivity contribution in [3.05, 3.63) is 28.7 Å². The van der Waals surface area contributed by atoms with Crippen molar-refractivity contribution in [3.63, 3.8) is 0 Å². The van der Waals surface area contributed by atoms with Gasteiger partial charge in [-0.25, -0.2) is 14.9 Å². The molecule has 29 heavy (non-hydrogen) atoms. The number of rotatable bonds is 5. The fourth-order valence-electron chi connectivity index (χ4n) is 4.00. The Hall–Kier alpha value is -1.12. The van der Waals surface area contributed by atoms with Crippen molar-refractivity contribution in [1.29, 1.82) is 0 Å². The van der Waals surface area contributed by atoms with Gasteiger partial charge in [0, 0.05) is 24.8 Å². The van der Waals surface area contributed by atoms with E-state index in [-0.39, 0.29) is 30.9 Å². The van der Waals surface area contributed by atoms with Crippen LogP contribution < -0.4 is 10.8 Å². The van der Waals surface area contributed by atoms with Crippen LogP contribution in [0.15, 0.2) is 18.1 Å². The number of aromatic nitrogens is 1. The number of pyridine rings is 1. The molecule has 1 aromatic heterocycles. The lowest BCUT2D eigenvalue weighted by molar-refractivity contribution is -0.126. The molecule has 1 saturated carbocycles. The fourth-order valence-corrected chi connectivity index (χ4v) is 4.23. The van der Waals surface area contributed by atoms with Crippen molar-refractivity contribution < 1.29 is 14.4 Å². The van der Waals surface area contributed by atoms with E-state index in [1.54, 1.807) is 6.07 Å². The van der Waals surface area contributed by atoms with E-state index in [0.717, 1.165) is 32.0 Å². The average Bonchev–Trinajstić information content (AvgIpc) is 2.70. The van der Waals surface area contributed by atoms with Gasteiger partial charge in [0.2, 0.25) is 0 Å². The number of hydrogen-bond donors (Lipinski definition) is 3. The highest BCUT2D eigenvalue weighted by Crippen LogP contribution is 2.28. The lowest BCUT2D eigenvalue weighted by Crippen LogP contribution is -2.47. The van der Waals surface area contributed by atoms with Crippen LogP contribution in [0.5, 0.6) is 0 Å². The number of carbonyl (C=O) groups is 1. The monoisotopic (exact) mass is 468 g/mol. The SMILES string of the molecule is Cl.Cl.O=C(NO)C(F)=Cc1cnc(N[C@@H]2CCCN(C3CCCCC3)C2)c(Cl)c1. The number of piperidine rings is 1. The molecule has 1 saturated heterocycles. The molecule has 0 unspecified atom stereocenters. The molecule has 1 aliphatic carbocycles. The molecule has 1 amide bonds. The van der Waals surface area contributed by atoms with Gasteiger partial charge in [-0.2, -0.15) is 0 Å². The lowest BCUT2D eigenvalue weighted by atomic mass is 9.92. The van der Waals surface area contributed by atoms with Crippen LogP contribution in [-0.2, 0) is 4.79 Å². The van der Waals surface area contributed by atoms with Gasteiger partial charge in [-0.05, 0) is 49.9 Å². The number of halogens is 4. The highest BCUT2D eigenvalue weighted by molar-refractivity contribution is 6.33. The van der Waals surface area contributed by atoms with Crippen molar-refractivity contribution >= 4 is 54.2 Å². The minimum absolute atomic E-state index is 0. The molecule has 0 radical (unpaired) electrons. The zero-order chi connectivity index (χ0) is 19.2. The first-order valence-electron chi connectivity index (χ1n) is 9.54. The van der Waals surface area contributed by atoms with Gasteiger partial charge in [0.25, 0.3) is 0 Å². The topological polar surface area (TPSA) is 77.5 Å². The van der Waals surface area contributed by atoms with Crippen LogP contribution in [0.25, 0.3) is 6.08 Å². The summed E-state index contributed by atoms with van der Waals surface area (Å²) in [5.41, 5.74) is 1.59. The summed E-state index contributed by atoms with van der Waals surface area (Å²) in [7, 11) is 0. The second kappa shape index (κ2) is 12.5. The number of likely N-dealkylation sites (tertiary alicyclic amines) is 1. The Morgan fingerprint density at radius 1 is 1.24 bits per heavy atom. The maximum atomic E-state index is 13.5. The number of nitrogens with one attached hydrogen (secondary N) is 2. The van der Waals surface area contributed by atoms with Crippen LogP contribution in [0, 0.1) is 0 Å². The highest BCUT2D eigenvalue weighted by Gasteiger charge is 2.27. The minimum Gasteiger partial charge on any atom is -0.365 e. The molecule has 3 N–H and O–H groups in total. The maximum Gasteiger partial charge on any atom is 0.303 e. The third-order valence-corrected chi connectivity index (χ3v) is 5.65. The van der Waals surface area contributed by atoms with E-state index < -0.39 is 11.7 Å². The zero-order valence-corrected chi connectivity index (χ0v) is 18.5. The molecular formula is C19H28Cl3FN4O2. The van der Waals surface area contributed by atoms with E-state index in [1.807, 2.05) is 0 Å². The summed E-state index contributed by atoms with van der Waals surface area (Å²) < 4.78 is 13.5. The second-order valence-corrected chi connectivity index (χ2v) is 7.71. The molecule has 1 aromatic rings. The summed E-state index contributed by atoms with van der Waals surface area (Å²) in [5, 5.41) is 12.2. The van der Waals surface area contributed by atoms with Crippen LogP contribution >= 0.6 is 36.4 Å². The Bertz CT molecular complexity index is 702. The standard InChI is InChI=1S/C19H26ClFN4O2.2ClH/c20-16-9-13(10-17(21)19(26)24-27)11-22-18(16)23-14-5-4-8-25(12-14)15-6-2-1-3-7-15;;/h9-11,14-15,27H,1-8,12H2,(H,22,23)(H,24,26);2*1H/t14-;;/m1../s1. The molecule has 0 aromatic carbocycles. The maximum absolute atomic E-state index is 13.5. The number of nitrogens with zero attached hydrogens (tertiary/aromatic N) is 2. The van der Waals surface area contributed by atoms with Gasteiger partial charge in [-0.15, -0.1) is 24.8 Å². The Morgan fingerprint density at radius 2 is 1.97 bits per heavy atom. The van der Waals surface area contributed by atoms with E-state index in [4.69, 9.17) is 16.8 Å². The molecule has 0 spiro atoms. The zero-order valence-electron chi connectivity index (χ0n) is 16.1. The molecular weight excluding hydrogens is 442 g/mol. The van der Waals surface area contributed by atoms with Crippen molar-refractivity contribution in [3.8, 4) is 0 Å². The van der Waals surface area contributed by atoms with Crippen molar-refractivity contribution in [2.24, 2.45) is 0 Å². The van der Waals surface area contributed by atoms with Crippen molar-refractivity contribution in [2.75, 3.05) is 18.4 Å². The molecule has 1 aliphatic heterocycles. The van der Waals surface area contributed by atoms with Gasteiger partial charge in [-0.1, -0.05) is 30.9 Å².